The number of rotatable bonds is 7. The number of aromatic nitrogens is 1. The highest BCUT2D eigenvalue weighted by atomic mass is 32.1. The largest absolute Gasteiger partial charge is 0.256 e. The fraction of sp³-hybridized carbons (Fsp3) is 0.128. The van der Waals surface area contributed by atoms with E-state index in [4.69, 9.17) is 4.98 Å². The first-order chi connectivity index (χ1) is 23.9. The van der Waals surface area contributed by atoms with Crippen LogP contribution in [0.2, 0.25) is 0 Å². The van der Waals surface area contributed by atoms with Gasteiger partial charge in [0.05, 0.1) is 5.69 Å². The molecule has 0 spiro atoms. The van der Waals surface area contributed by atoms with Crippen LogP contribution in [-0.2, 0) is 0 Å². The van der Waals surface area contributed by atoms with Crippen molar-refractivity contribution in [3.63, 3.8) is 0 Å². The van der Waals surface area contributed by atoms with Gasteiger partial charge in [-0.05, 0) is 130 Å². The van der Waals surface area contributed by atoms with Crippen LogP contribution in [0.5, 0.6) is 0 Å². The van der Waals surface area contributed by atoms with Crippen molar-refractivity contribution < 1.29 is 0 Å². The number of hydrogen-bond acceptors (Lipinski definition) is 2. The minimum Gasteiger partial charge on any atom is -0.256 e. The summed E-state index contributed by atoms with van der Waals surface area (Å²) >= 11 is 1.87. The van der Waals surface area contributed by atoms with Gasteiger partial charge in [0.15, 0.2) is 0 Å². The van der Waals surface area contributed by atoms with Crippen molar-refractivity contribution in [2.24, 2.45) is 0 Å². The third kappa shape index (κ3) is 5.98. The Morgan fingerprint density at radius 1 is 0.531 bits per heavy atom. The van der Waals surface area contributed by atoms with E-state index < -0.39 is 0 Å². The number of pyridine rings is 1. The smallest absolute Gasteiger partial charge is 0.0734 e. The van der Waals surface area contributed by atoms with Crippen LogP contribution in [0.1, 0.15) is 42.9 Å². The molecule has 0 radical (unpaired) electrons. The summed E-state index contributed by atoms with van der Waals surface area (Å²) in [6, 6.07) is 51.7. The van der Waals surface area contributed by atoms with E-state index in [1.165, 1.54) is 86.9 Å². The Morgan fingerprint density at radius 2 is 1.04 bits per heavy atom. The zero-order valence-corrected chi connectivity index (χ0v) is 29.3. The van der Waals surface area contributed by atoms with Gasteiger partial charge in [0.25, 0.3) is 0 Å². The Balaban J connectivity index is 1.16. The molecule has 8 aromatic rings. The van der Waals surface area contributed by atoms with Gasteiger partial charge < -0.3 is 0 Å². The van der Waals surface area contributed by atoms with Gasteiger partial charge >= 0.3 is 0 Å². The lowest BCUT2D eigenvalue weighted by Gasteiger charge is -2.18. The highest BCUT2D eigenvalue weighted by Gasteiger charge is 2.16. The summed E-state index contributed by atoms with van der Waals surface area (Å²) in [5, 5.41) is 2.64. The van der Waals surface area contributed by atoms with Gasteiger partial charge in [-0.15, -0.1) is 11.3 Å². The molecule has 0 aliphatic heterocycles. The first kappa shape index (κ1) is 31.0. The molecule has 0 aliphatic rings. The van der Waals surface area contributed by atoms with Crippen molar-refractivity contribution in [3.05, 3.63) is 162 Å². The molecule has 0 aliphatic carbocycles. The maximum Gasteiger partial charge on any atom is 0.0734 e. The molecule has 0 fully saturated rings. The molecule has 1 unspecified atom stereocenters. The van der Waals surface area contributed by atoms with Crippen molar-refractivity contribution >= 4 is 31.5 Å². The van der Waals surface area contributed by atoms with E-state index in [1.807, 2.05) is 23.6 Å². The molecule has 0 amide bonds. The molecule has 238 valence electrons. The predicted octanol–water partition coefficient (Wildman–Crippen LogP) is 13.9. The second-order valence-corrected chi connectivity index (χ2v) is 14.4. The second kappa shape index (κ2) is 13.0. The van der Waals surface area contributed by atoms with Crippen LogP contribution < -0.4 is 0 Å². The number of benzene rings is 6. The molecule has 0 saturated carbocycles. The summed E-state index contributed by atoms with van der Waals surface area (Å²) in [5.41, 5.74) is 16.0. The van der Waals surface area contributed by atoms with E-state index >= 15 is 0 Å². The molecule has 49 heavy (non-hydrogen) atoms. The molecule has 1 atom stereocenters. The maximum atomic E-state index is 4.82. The quantitative estimate of drug-likeness (QED) is 0.167. The molecular formula is C47H39NS. The van der Waals surface area contributed by atoms with Gasteiger partial charge in [-0.1, -0.05) is 110 Å². The fourth-order valence-corrected chi connectivity index (χ4v) is 8.14. The van der Waals surface area contributed by atoms with E-state index in [-0.39, 0.29) is 0 Å². The number of thiophene rings is 1. The third-order valence-corrected chi connectivity index (χ3v) is 11.2. The zero-order valence-electron chi connectivity index (χ0n) is 28.5. The standard InChI is InChI=1S/C47H39NS/c1-5-31(3)41-20-17-38(29-44(41)47-32(4)11-9-23-48-47)36-15-7-13-34(25-36)35-14-8-16-37(26-35)40-19-22-46-43(28-40)42-27-39(18-21-45(42)49-46)33-12-6-10-30(2)24-33/h6-29,31H,5H2,1-4H3. The van der Waals surface area contributed by atoms with Crippen LogP contribution in [-0.4, -0.2) is 4.98 Å². The lowest BCUT2D eigenvalue weighted by Crippen LogP contribution is -1.99. The van der Waals surface area contributed by atoms with E-state index in [1.54, 1.807) is 0 Å². The van der Waals surface area contributed by atoms with Gasteiger partial charge in [0.1, 0.15) is 0 Å². The van der Waals surface area contributed by atoms with Crippen molar-refractivity contribution in [1.82, 2.24) is 4.98 Å². The first-order valence-corrected chi connectivity index (χ1v) is 18.1. The number of fused-ring (bicyclic) bond motifs is 3. The van der Waals surface area contributed by atoms with Gasteiger partial charge in [0.2, 0.25) is 0 Å². The molecule has 2 heteroatoms. The average Bonchev–Trinajstić information content (AvgIpc) is 3.52. The highest BCUT2D eigenvalue weighted by Crippen LogP contribution is 2.40. The minimum atomic E-state index is 0.459. The van der Waals surface area contributed by atoms with Crippen molar-refractivity contribution in [2.45, 2.75) is 40.0 Å². The fourth-order valence-electron chi connectivity index (χ4n) is 7.08. The minimum absolute atomic E-state index is 0.459. The Bertz CT molecular complexity index is 2480. The predicted molar refractivity (Wildman–Crippen MR) is 212 cm³/mol. The molecular weight excluding hydrogens is 611 g/mol. The van der Waals surface area contributed by atoms with Crippen molar-refractivity contribution in [1.29, 1.82) is 0 Å². The van der Waals surface area contributed by atoms with Gasteiger partial charge in [0, 0.05) is 31.9 Å². The average molecular weight is 650 g/mol. The molecule has 8 rings (SSSR count). The van der Waals surface area contributed by atoms with Crippen LogP contribution in [0.15, 0.2) is 146 Å². The molecule has 1 nitrogen and oxygen atoms in total. The second-order valence-electron chi connectivity index (χ2n) is 13.3. The van der Waals surface area contributed by atoms with Crippen molar-refractivity contribution in [2.75, 3.05) is 0 Å². The summed E-state index contributed by atoms with van der Waals surface area (Å²) in [5.74, 6) is 0.459. The summed E-state index contributed by atoms with van der Waals surface area (Å²) in [6.45, 7) is 8.88. The Kier molecular flexibility index (Phi) is 8.19. The Hall–Kier alpha value is -5.31. The third-order valence-electron chi connectivity index (χ3n) is 10.0. The van der Waals surface area contributed by atoms with E-state index in [0.717, 1.165) is 12.1 Å². The first-order valence-electron chi connectivity index (χ1n) is 17.3. The number of hydrogen-bond donors (Lipinski definition) is 0. The summed E-state index contributed by atoms with van der Waals surface area (Å²) < 4.78 is 2.65. The van der Waals surface area contributed by atoms with Gasteiger partial charge in [-0.25, -0.2) is 0 Å². The molecule has 6 aromatic carbocycles. The van der Waals surface area contributed by atoms with Crippen molar-refractivity contribution in [3.8, 4) is 55.8 Å². The normalized spacial score (nSPS) is 12.1. The summed E-state index contributed by atoms with van der Waals surface area (Å²) in [7, 11) is 0. The molecule has 2 aromatic heterocycles. The number of nitrogens with zero attached hydrogens (tertiary/aromatic N) is 1. The maximum absolute atomic E-state index is 4.82. The van der Waals surface area contributed by atoms with Gasteiger partial charge in [-0.2, -0.15) is 0 Å². The van der Waals surface area contributed by atoms with Crippen LogP contribution in [0, 0.1) is 13.8 Å². The van der Waals surface area contributed by atoms with Gasteiger partial charge in [-0.3, -0.25) is 4.98 Å². The molecule has 0 N–H and O–H groups in total. The topological polar surface area (TPSA) is 12.9 Å². The molecule has 2 heterocycles. The lowest BCUT2D eigenvalue weighted by molar-refractivity contribution is 0.735. The zero-order chi connectivity index (χ0) is 33.5. The van der Waals surface area contributed by atoms with Crippen LogP contribution in [0.25, 0.3) is 75.9 Å². The van der Waals surface area contributed by atoms with Crippen LogP contribution in [0.3, 0.4) is 0 Å². The number of aryl methyl sites for hydroxylation is 2. The lowest BCUT2D eigenvalue weighted by atomic mass is 9.88. The Morgan fingerprint density at radius 3 is 1.59 bits per heavy atom. The molecule has 0 bridgehead atoms. The van der Waals surface area contributed by atoms with E-state index in [9.17, 15) is 0 Å². The summed E-state index contributed by atoms with van der Waals surface area (Å²) in [6.07, 6.45) is 3.00. The molecule has 0 saturated heterocycles. The van der Waals surface area contributed by atoms with Crippen LogP contribution >= 0.6 is 11.3 Å². The SMILES string of the molecule is CCC(C)c1ccc(-c2cccc(-c3cccc(-c4ccc5sc6ccc(-c7cccc(C)c7)cc6c5c4)c3)c2)cc1-c1ncccc1C. The highest BCUT2D eigenvalue weighted by molar-refractivity contribution is 7.25. The van der Waals surface area contributed by atoms with E-state index in [2.05, 4.69) is 161 Å². The van der Waals surface area contributed by atoms with Crippen LogP contribution in [0.4, 0.5) is 0 Å². The monoisotopic (exact) mass is 649 g/mol. The van der Waals surface area contributed by atoms with E-state index in [0.29, 0.717) is 5.92 Å². The Labute approximate surface area is 293 Å². The summed E-state index contributed by atoms with van der Waals surface area (Å²) in [4.78, 5) is 4.82.